The minimum atomic E-state index is 0.0348. The average molecular weight is 199 g/mol. The molecule has 0 aliphatic carbocycles. The normalized spacial score (nSPS) is 16.9. The zero-order chi connectivity index (χ0) is 10.4. The maximum atomic E-state index is 11.3. The van der Waals surface area contributed by atoms with Crippen molar-refractivity contribution in [3.05, 3.63) is 0 Å². The zero-order valence-electron chi connectivity index (χ0n) is 8.51. The van der Waals surface area contributed by atoms with Crippen molar-refractivity contribution < 1.29 is 9.59 Å². The summed E-state index contributed by atoms with van der Waals surface area (Å²) < 4.78 is 0. The predicted octanol–water partition coefficient (Wildman–Crippen LogP) is -1.06. The molecule has 0 aromatic heterocycles. The van der Waals surface area contributed by atoms with Gasteiger partial charge < -0.3 is 15.5 Å². The number of nitrogens with one attached hydrogen (secondary N) is 2. The van der Waals surface area contributed by atoms with Crippen LogP contribution in [-0.2, 0) is 9.59 Å². The molecule has 1 aliphatic heterocycles. The summed E-state index contributed by atoms with van der Waals surface area (Å²) in [6.45, 7) is 2.73. The van der Waals surface area contributed by atoms with Crippen LogP contribution in [0.15, 0.2) is 0 Å². The third-order valence-corrected chi connectivity index (χ3v) is 2.30. The Morgan fingerprint density at radius 2 is 2.43 bits per heavy atom. The van der Waals surface area contributed by atoms with E-state index in [1.54, 1.807) is 11.9 Å². The van der Waals surface area contributed by atoms with Crippen molar-refractivity contribution in [3.8, 4) is 0 Å². The second kappa shape index (κ2) is 5.59. The molecular formula is C9H17N3O2. The van der Waals surface area contributed by atoms with Gasteiger partial charge in [-0.1, -0.05) is 0 Å². The van der Waals surface area contributed by atoms with Crippen LogP contribution in [0.3, 0.4) is 0 Å². The predicted molar refractivity (Wildman–Crippen MR) is 52.8 cm³/mol. The van der Waals surface area contributed by atoms with Gasteiger partial charge in [-0.05, 0) is 6.42 Å². The number of nitrogens with zero attached hydrogens (tertiary/aromatic N) is 1. The maximum Gasteiger partial charge on any atom is 0.236 e. The molecule has 0 bridgehead atoms. The summed E-state index contributed by atoms with van der Waals surface area (Å²) in [5.74, 6) is 0.167. The summed E-state index contributed by atoms with van der Waals surface area (Å²) in [4.78, 5) is 24.0. The quantitative estimate of drug-likeness (QED) is 0.607. The lowest BCUT2D eigenvalue weighted by atomic mass is 10.2. The minimum absolute atomic E-state index is 0.0348. The van der Waals surface area contributed by atoms with Crippen LogP contribution in [0.2, 0.25) is 0 Å². The standard InChI is InChI=1S/C9H17N3O2/c1-10-8(13)3-2-5-12-6-4-11-7-9(12)14/h11H,2-7H2,1H3,(H,10,13). The van der Waals surface area contributed by atoms with Gasteiger partial charge in [-0.2, -0.15) is 0 Å². The maximum absolute atomic E-state index is 11.3. The molecule has 0 unspecified atom stereocenters. The van der Waals surface area contributed by atoms with Crippen molar-refractivity contribution >= 4 is 11.8 Å². The first-order valence-corrected chi connectivity index (χ1v) is 4.93. The number of rotatable bonds is 4. The molecule has 5 nitrogen and oxygen atoms in total. The van der Waals surface area contributed by atoms with Crippen molar-refractivity contribution in [3.63, 3.8) is 0 Å². The molecule has 14 heavy (non-hydrogen) atoms. The van der Waals surface area contributed by atoms with E-state index in [0.717, 1.165) is 19.5 Å². The van der Waals surface area contributed by atoms with E-state index >= 15 is 0 Å². The molecule has 80 valence electrons. The van der Waals surface area contributed by atoms with Gasteiger partial charge >= 0.3 is 0 Å². The van der Waals surface area contributed by atoms with E-state index in [1.807, 2.05) is 0 Å². The van der Waals surface area contributed by atoms with E-state index in [-0.39, 0.29) is 11.8 Å². The summed E-state index contributed by atoms with van der Waals surface area (Å²) in [5, 5.41) is 5.56. The van der Waals surface area contributed by atoms with Gasteiger partial charge in [-0.15, -0.1) is 0 Å². The van der Waals surface area contributed by atoms with E-state index in [9.17, 15) is 9.59 Å². The van der Waals surface area contributed by atoms with Gasteiger partial charge in [0.2, 0.25) is 11.8 Å². The average Bonchev–Trinajstić information content (AvgIpc) is 2.20. The highest BCUT2D eigenvalue weighted by Crippen LogP contribution is 1.98. The zero-order valence-corrected chi connectivity index (χ0v) is 8.51. The van der Waals surface area contributed by atoms with Crippen LogP contribution in [-0.4, -0.2) is 49.9 Å². The molecule has 2 amide bonds. The monoisotopic (exact) mass is 199 g/mol. The highest BCUT2D eigenvalue weighted by molar-refractivity contribution is 5.79. The largest absolute Gasteiger partial charge is 0.359 e. The fraction of sp³-hybridized carbons (Fsp3) is 0.778. The Morgan fingerprint density at radius 3 is 3.07 bits per heavy atom. The van der Waals surface area contributed by atoms with Crippen molar-refractivity contribution in [1.29, 1.82) is 0 Å². The van der Waals surface area contributed by atoms with E-state index in [0.29, 0.717) is 19.5 Å². The first-order valence-electron chi connectivity index (χ1n) is 4.93. The minimum Gasteiger partial charge on any atom is -0.359 e. The molecule has 1 saturated heterocycles. The fourth-order valence-corrected chi connectivity index (χ4v) is 1.44. The van der Waals surface area contributed by atoms with Gasteiger partial charge in [-0.25, -0.2) is 0 Å². The second-order valence-corrected chi connectivity index (χ2v) is 3.33. The van der Waals surface area contributed by atoms with E-state index < -0.39 is 0 Å². The van der Waals surface area contributed by atoms with Crippen LogP contribution in [0, 0.1) is 0 Å². The number of hydrogen-bond donors (Lipinski definition) is 2. The number of carbonyl (C=O) groups is 2. The van der Waals surface area contributed by atoms with Crippen molar-refractivity contribution in [1.82, 2.24) is 15.5 Å². The van der Waals surface area contributed by atoms with Crippen LogP contribution < -0.4 is 10.6 Å². The molecular weight excluding hydrogens is 182 g/mol. The summed E-state index contributed by atoms with van der Waals surface area (Å²) in [6, 6.07) is 0. The SMILES string of the molecule is CNC(=O)CCCN1CCNCC1=O. The lowest BCUT2D eigenvalue weighted by Gasteiger charge is -2.27. The van der Waals surface area contributed by atoms with Crippen LogP contribution in [0.1, 0.15) is 12.8 Å². The molecule has 1 rings (SSSR count). The Kier molecular flexibility index (Phi) is 4.39. The van der Waals surface area contributed by atoms with Gasteiger partial charge in [0, 0.05) is 33.1 Å². The number of amides is 2. The van der Waals surface area contributed by atoms with E-state index in [2.05, 4.69) is 10.6 Å². The van der Waals surface area contributed by atoms with Gasteiger partial charge in [-0.3, -0.25) is 9.59 Å². The molecule has 1 fully saturated rings. The van der Waals surface area contributed by atoms with Gasteiger partial charge in [0.05, 0.1) is 6.54 Å². The first-order chi connectivity index (χ1) is 6.74. The molecule has 0 spiro atoms. The molecule has 0 atom stereocenters. The van der Waals surface area contributed by atoms with Crippen LogP contribution in [0.25, 0.3) is 0 Å². The second-order valence-electron chi connectivity index (χ2n) is 3.33. The Morgan fingerprint density at radius 1 is 1.64 bits per heavy atom. The van der Waals surface area contributed by atoms with Gasteiger partial charge in [0.1, 0.15) is 0 Å². The molecule has 1 heterocycles. The summed E-state index contributed by atoms with van der Waals surface area (Å²) in [6.07, 6.45) is 1.24. The molecule has 0 radical (unpaired) electrons. The van der Waals surface area contributed by atoms with E-state index in [1.165, 1.54) is 0 Å². The first kappa shape index (κ1) is 11.0. The highest BCUT2D eigenvalue weighted by atomic mass is 16.2. The Bertz CT molecular complexity index is 218. The van der Waals surface area contributed by atoms with Gasteiger partial charge in [0.15, 0.2) is 0 Å². The Balaban J connectivity index is 2.16. The number of piperazine rings is 1. The lowest BCUT2D eigenvalue weighted by Crippen LogP contribution is -2.48. The smallest absolute Gasteiger partial charge is 0.236 e. The summed E-state index contributed by atoms with van der Waals surface area (Å²) in [7, 11) is 1.62. The topological polar surface area (TPSA) is 61.4 Å². The van der Waals surface area contributed by atoms with Gasteiger partial charge in [0.25, 0.3) is 0 Å². The van der Waals surface area contributed by atoms with Crippen LogP contribution in [0.4, 0.5) is 0 Å². The number of carbonyl (C=O) groups excluding carboxylic acids is 2. The molecule has 0 saturated carbocycles. The number of hydrogen-bond acceptors (Lipinski definition) is 3. The molecule has 5 heteroatoms. The van der Waals surface area contributed by atoms with Crippen molar-refractivity contribution in [2.45, 2.75) is 12.8 Å². The van der Waals surface area contributed by atoms with Crippen LogP contribution in [0.5, 0.6) is 0 Å². The Hall–Kier alpha value is -1.10. The van der Waals surface area contributed by atoms with Crippen molar-refractivity contribution in [2.75, 3.05) is 33.2 Å². The van der Waals surface area contributed by atoms with Crippen LogP contribution >= 0.6 is 0 Å². The third kappa shape index (κ3) is 3.33. The molecule has 1 aliphatic rings. The summed E-state index contributed by atoms with van der Waals surface area (Å²) in [5.41, 5.74) is 0. The molecule has 2 N–H and O–H groups in total. The van der Waals surface area contributed by atoms with E-state index in [4.69, 9.17) is 0 Å². The summed E-state index contributed by atoms with van der Waals surface area (Å²) >= 11 is 0. The third-order valence-electron chi connectivity index (χ3n) is 2.30. The Labute approximate surface area is 83.8 Å². The fourth-order valence-electron chi connectivity index (χ4n) is 1.44. The molecule has 0 aromatic carbocycles. The van der Waals surface area contributed by atoms with Crippen molar-refractivity contribution in [2.24, 2.45) is 0 Å². The molecule has 0 aromatic rings. The lowest BCUT2D eigenvalue weighted by molar-refractivity contribution is -0.132. The highest BCUT2D eigenvalue weighted by Gasteiger charge is 2.16.